The first kappa shape index (κ1) is 27.8. The van der Waals surface area contributed by atoms with Gasteiger partial charge in [0.15, 0.2) is 0 Å². The standard InChI is InChI=1S/C24H37N3O6S/c1-6-17(5)21(26-34(32,33)19-9-7-16(4)8-10-19)23(29)27-13-11-18(12-14-27)22(28)25-20(15(2)3)24(30)31/h7-10,15,17-18,20-21,26H,6,11-14H2,1-5H3,(H,25,28)(H,30,31)/t17-,20+,21-/m0/s1. The second kappa shape index (κ2) is 11.8. The van der Waals surface area contributed by atoms with Crippen LogP contribution in [0.15, 0.2) is 29.2 Å². The number of benzene rings is 1. The molecule has 190 valence electrons. The second-order valence-electron chi connectivity index (χ2n) is 9.47. The molecule has 1 saturated heterocycles. The molecule has 1 aliphatic heterocycles. The van der Waals surface area contributed by atoms with Crippen molar-refractivity contribution < 1.29 is 27.9 Å². The van der Waals surface area contributed by atoms with Crippen LogP contribution in [0.1, 0.15) is 52.5 Å². The van der Waals surface area contributed by atoms with Gasteiger partial charge in [0.25, 0.3) is 0 Å². The van der Waals surface area contributed by atoms with Crippen LogP contribution in [0.2, 0.25) is 0 Å². The number of amides is 2. The molecule has 9 nitrogen and oxygen atoms in total. The first-order valence-corrected chi connectivity index (χ1v) is 13.3. The van der Waals surface area contributed by atoms with Gasteiger partial charge in [0.05, 0.1) is 4.90 Å². The maximum atomic E-state index is 13.3. The summed E-state index contributed by atoms with van der Waals surface area (Å²) in [5.41, 5.74) is 0.934. The van der Waals surface area contributed by atoms with Gasteiger partial charge in [0.2, 0.25) is 21.8 Å². The van der Waals surface area contributed by atoms with Crippen LogP contribution in [-0.2, 0) is 24.4 Å². The predicted octanol–water partition coefficient (Wildman–Crippen LogP) is 2.15. The van der Waals surface area contributed by atoms with Crippen molar-refractivity contribution in [1.82, 2.24) is 14.9 Å². The van der Waals surface area contributed by atoms with Crippen LogP contribution in [0, 0.1) is 24.7 Å². The minimum atomic E-state index is -3.89. The molecule has 0 aliphatic carbocycles. The van der Waals surface area contributed by atoms with E-state index in [0.29, 0.717) is 32.4 Å². The number of sulfonamides is 1. The van der Waals surface area contributed by atoms with E-state index < -0.39 is 34.0 Å². The summed E-state index contributed by atoms with van der Waals surface area (Å²) in [5, 5.41) is 11.9. The van der Waals surface area contributed by atoms with E-state index in [1.807, 2.05) is 20.8 Å². The van der Waals surface area contributed by atoms with Crippen LogP contribution in [0.25, 0.3) is 0 Å². The Bertz CT molecular complexity index is 969. The third-order valence-corrected chi connectivity index (χ3v) is 7.96. The van der Waals surface area contributed by atoms with Gasteiger partial charge in [-0.1, -0.05) is 51.8 Å². The van der Waals surface area contributed by atoms with Gasteiger partial charge in [-0.2, -0.15) is 4.72 Å². The van der Waals surface area contributed by atoms with E-state index in [9.17, 15) is 27.9 Å². The summed E-state index contributed by atoms with van der Waals surface area (Å²) in [5.74, 6) is -2.58. The van der Waals surface area contributed by atoms with Gasteiger partial charge < -0.3 is 15.3 Å². The molecule has 10 heteroatoms. The summed E-state index contributed by atoms with van der Waals surface area (Å²) in [6.07, 6.45) is 1.39. The molecule has 1 fully saturated rings. The first-order chi connectivity index (χ1) is 15.9. The average Bonchev–Trinajstić information content (AvgIpc) is 2.79. The van der Waals surface area contributed by atoms with Gasteiger partial charge in [-0.3, -0.25) is 9.59 Å². The van der Waals surface area contributed by atoms with Gasteiger partial charge in [-0.25, -0.2) is 13.2 Å². The molecule has 0 saturated carbocycles. The van der Waals surface area contributed by atoms with Crippen LogP contribution < -0.4 is 10.0 Å². The molecule has 0 unspecified atom stereocenters. The largest absolute Gasteiger partial charge is 0.480 e. The summed E-state index contributed by atoms with van der Waals surface area (Å²) in [7, 11) is -3.89. The van der Waals surface area contributed by atoms with E-state index in [4.69, 9.17) is 0 Å². The number of hydrogen-bond acceptors (Lipinski definition) is 5. The summed E-state index contributed by atoms with van der Waals surface area (Å²) in [6.45, 7) is 9.66. The maximum absolute atomic E-state index is 13.3. The number of nitrogens with one attached hydrogen (secondary N) is 2. The molecule has 2 amide bonds. The zero-order valence-electron chi connectivity index (χ0n) is 20.6. The van der Waals surface area contributed by atoms with Gasteiger partial charge in [0.1, 0.15) is 12.1 Å². The van der Waals surface area contributed by atoms with Crippen molar-refractivity contribution >= 4 is 27.8 Å². The van der Waals surface area contributed by atoms with Crippen LogP contribution in [-0.4, -0.2) is 61.4 Å². The van der Waals surface area contributed by atoms with E-state index in [2.05, 4.69) is 10.0 Å². The Balaban J connectivity index is 2.07. The van der Waals surface area contributed by atoms with Crippen LogP contribution in [0.5, 0.6) is 0 Å². The lowest BCUT2D eigenvalue weighted by Gasteiger charge is -2.35. The number of hydrogen-bond donors (Lipinski definition) is 3. The maximum Gasteiger partial charge on any atom is 0.326 e. The normalized spacial score (nSPS) is 17.8. The molecule has 34 heavy (non-hydrogen) atoms. The number of nitrogens with zero attached hydrogens (tertiary/aromatic N) is 1. The zero-order chi connectivity index (χ0) is 25.6. The van der Waals surface area contributed by atoms with Crippen molar-refractivity contribution in [2.45, 2.75) is 70.9 Å². The Morgan fingerprint density at radius 2 is 1.62 bits per heavy atom. The van der Waals surface area contributed by atoms with Crippen molar-refractivity contribution in [3.05, 3.63) is 29.8 Å². The number of piperidine rings is 1. The minimum absolute atomic E-state index is 0.104. The number of likely N-dealkylation sites (tertiary alicyclic amines) is 1. The van der Waals surface area contributed by atoms with Gasteiger partial charge in [-0.15, -0.1) is 0 Å². The molecule has 3 N–H and O–H groups in total. The molecule has 1 aromatic carbocycles. The number of carbonyl (C=O) groups is 3. The minimum Gasteiger partial charge on any atom is -0.480 e. The lowest BCUT2D eigenvalue weighted by Crippen LogP contribution is -2.54. The zero-order valence-corrected chi connectivity index (χ0v) is 21.4. The van der Waals surface area contributed by atoms with Gasteiger partial charge in [-0.05, 0) is 43.7 Å². The average molecular weight is 496 g/mol. The fourth-order valence-corrected chi connectivity index (χ4v) is 5.24. The third-order valence-electron chi connectivity index (χ3n) is 6.50. The molecule has 2 rings (SSSR count). The number of rotatable bonds is 10. The number of carboxylic acid groups (broad SMARTS) is 1. The first-order valence-electron chi connectivity index (χ1n) is 11.8. The smallest absolute Gasteiger partial charge is 0.326 e. The number of carbonyl (C=O) groups excluding carboxylic acids is 2. The Kier molecular flexibility index (Phi) is 9.64. The molecule has 1 aliphatic rings. The lowest BCUT2D eigenvalue weighted by atomic mass is 9.92. The van der Waals surface area contributed by atoms with E-state index in [1.54, 1.807) is 30.9 Å². The summed E-state index contributed by atoms with van der Waals surface area (Å²) in [4.78, 5) is 39.0. The molecule has 1 heterocycles. The third kappa shape index (κ3) is 7.02. The molecule has 1 aromatic rings. The summed E-state index contributed by atoms with van der Waals surface area (Å²) in [6, 6.07) is 4.57. The van der Waals surface area contributed by atoms with E-state index in [0.717, 1.165) is 5.56 Å². The number of carboxylic acids is 1. The van der Waals surface area contributed by atoms with Crippen LogP contribution in [0.3, 0.4) is 0 Å². The van der Waals surface area contributed by atoms with Crippen molar-refractivity contribution in [3.8, 4) is 0 Å². The van der Waals surface area contributed by atoms with E-state index in [-0.39, 0.29) is 28.5 Å². The Labute approximate surface area is 202 Å². The summed E-state index contributed by atoms with van der Waals surface area (Å²) >= 11 is 0. The Hall–Kier alpha value is -2.46. The van der Waals surface area contributed by atoms with Crippen LogP contribution >= 0.6 is 0 Å². The predicted molar refractivity (Wildman–Crippen MR) is 128 cm³/mol. The van der Waals surface area contributed by atoms with Gasteiger partial charge >= 0.3 is 5.97 Å². The monoisotopic (exact) mass is 495 g/mol. The van der Waals surface area contributed by atoms with Crippen molar-refractivity contribution in [2.24, 2.45) is 17.8 Å². The molecule has 3 atom stereocenters. The molecule has 0 aromatic heterocycles. The molecular weight excluding hydrogens is 458 g/mol. The number of aryl methyl sites for hydroxylation is 1. The Morgan fingerprint density at radius 1 is 1.06 bits per heavy atom. The highest BCUT2D eigenvalue weighted by molar-refractivity contribution is 7.89. The van der Waals surface area contributed by atoms with Crippen molar-refractivity contribution in [2.75, 3.05) is 13.1 Å². The molecule has 0 spiro atoms. The highest BCUT2D eigenvalue weighted by Crippen LogP contribution is 2.22. The lowest BCUT2D eigenvalue weighted by molar-refractivity contribution is -0.144. The molecule has 0 radical (unpaired) electrons. The highest BCUT2D eigenvalue weighted by Gasteiger charge is 2.36. The topological polar surface area (TPSA) is 133 Å². The Morgan fingerprint density at radius 3 is 2.09 bits per heavy atom. The fourth-order valence-electron chi connectivity index (χ4n) is 3.94. The quantitative estimate of drug-likeness (QED) is 0.456. The van der Waals surface area contributed by atoms with Gasteiger partial charge in [0, 0.05) is 19.0 Å². The SMILES string of the molecule is CC[C@H](C)[C@H](NS(=O)(=O)c1ccc(C)cc1)C(=O)N1CCC(C(=O)N[C@@H](C(=O)O)C(C)C)CC1. The van der Waals surface area contributed by atoms with E-state index in [1.165, 1.54) is 12.1 Å². The molecule has 0 bridgehead atoms. The fraction of sp³-hybridized carbons (Fsp3) is 0.625. The van der Waals surface area contributed by atoms with Crippen molar-refractivity contribution in [3.63, 3.8) is 0 Å². The van der Waals surface area contributed by atoms with Crippen LogP contribution in [0.4, 0.5) is 0 Å². The summed E-state index contributed by atoms with van der Waals surface area (Å²) < 4.78 is 28.5. The van der Waals surface area contributed by atoms with E-state index >= 15 is 0 Å². The molecular formula is C24H37N3O6S. The van der Waals surface area contributed by atoms with Crippen molar-refractivity contribution in [1.29, 1.82) is 0 Å². The number of aliphatic carboxylic acids is 1. The second-order valence-corrected chi connectivity index (χ2v) is 11.2. The highest BCUT2D eigenvalue weighted by atomic mass is 32.2.